The smallest absolute Gasteiger partial charge is 0.248 e. The Labute approximate surface area is 160 Å². The molecule has 0 saturated carbocycles. The summed E-state index contributed by atoms with van der Waals surface area (Å²) in [6.45, 7) is 5.13. The van der Waals surface area contributed by atoms with E-state index in [0.717, 1.165) is 10.4 Å². The standard InChI is InChI=1S/C17H19Cl2N3O2S/c1-9(2)15(21-10(3)23)16(24)22-17-20-8-13(25-17)7-11-6-12(18)4-5-14(11)19/h4-6,8-9,15H,7H2,1-3H3,(H,21,23)(H,20,22,24). The lowest BCUT2D eigenvalue weighted by Crippen LogP contribution is -2.46. The van der Waals surface area contributed by atoms with Gasteiger partial charge in [-0.2, -0.15) is 0 Å². The first-order chi connectivity index (χ1) is 11.8. The largest absolute Gasteiger partial charge is 0.344 e. The molecule has 0 fully saturated rings. The molecule has 0 bridgehead atoms. The molecule has 0 aliphatic carbocycles. The fourth-order valence-electron chi connectivity index (χ4n) is 2.25. The maximum atomic E-state index is 12.4. The maximum Gasteiger partial charge on any atom is 0.248 e. The number of hydrogen-bond donors (Lipinski definition) is 2. The molecule has 0 spiro atoms. The molecule has 0 radical (unpaired) electrons. The molecule has 25 heavy (non-hydrogen) atoms. The van der Waals surface area contributed by atoms with E-state index in [9.17, 15) is 9.59 Å². The van der Waals surface area contributed by atoms with Crippen molar-refractivity contribution in [1.82, 2.24) is 10.3 Å². The van der Waals surface area contributed by atoms with Crippen LogP contribution < -0.4 is 10.6 Å². The van der Waals surface area contributed by atoms with E-state index in [1.54, 1.807) is 18.3 Å². The van der Waals surface area contributed by atoms with Crippen molar-refractivity contribution in [1.29, 1.82) is 0 Å². The van der Waals surface area contributed by atoms with Crippen molar-refractivity contribution in [2.75, 3.05) is 5.32 Å². The Morgan fingerprint density at radius 3 is 2.64 bits per heavy atom. The van der Waals surface area contributed by atoms with Gasteiger partial charge in [0, 0.05) is 34.5 Å². The van der Waals surface area contributed by atoms with Gasteiger partial charge >= 0.3 is 0 Å². The van der Waals surface area contributed by atoms with E-state index in [1.807, 2.05) is 19.9 Å². The third-order valence-corrected chi connectivity index (χ3v) is 4.98. The summed E-state index contributed by atoms with van der Waals surface area (Å²) < 4.78 is 0. The van der Waals surface area contributed by atoms with Gasteiger partial charge < -0.3 is 10.6 Å². The first-order valence-electron chi connectivity index (χ1n) is 7.73. The molecule has 1 heterocycles. The number of thiazole rings is 1. The molecule has 2 aromatic rings. The molecule has 8 heteroatoms. The number of benzene rings is 1. The molecule has 134 valence electrons. The number of amides is 2. The predicted molar refractivity (Wildman–Crippen MR) is 102 cm³/mol. The van der Waals surface area contributed by atoms with Crippen LogP contribution in [0.2, 0.25) is 10.0 Å². The monoisotopic (exact) mass is 399 g/mol. The van der Waals surface area contributed by atoms with Gasteiger partial charge in [0.25, 0.3) is 0 Å². The van der Waals surface area contributed by atoms with Gasteiger partial charge in [-0.3, -0.25) is 9.59 Å². The first-order valence-corrected chi connectivity index (χ1v) is 9.30. The molecule has 0 saturated heterocycles. The zero-order chi connectivity index (χ0) is 18.6. The Balaban J connectivity index is 2.06. The highest BCUT2D eigenvalue weighted by Crippen LogP contribution is 2.27. The highest BCUT2D eigenvalue weighted by molar-refractivity contribution is 7.15. The van der Waals surface area contributed by atoms with Crippen LogP contribution in [-0.4, -0.2) is 22.8 Å². The van der Waals surface area contributed by atoms with E-state index in [2.05, 4.69) is 15.6 Å². The van der Waals surface area contributed by atoms with Crippen LogP contribution in [0.25, 0.3) is 0 Å². The SMILES string of the molecule is CC(=O)NC(C(=O)Nc1ncc(Cc2cc(Cl)ccc2Cl)s1)C(C)C. The Kier molecular flexibility index (Phi) is 6.81. The van der Waals surface area contributed by atoms with E-state index < -0.39 is 6.04 Å². The molecule has 0 aliphatic rings. The summed E-state index contributed by atoms with van der Waals surface area (Å²) in [5.74, 6) is -0.565. The zero-order valence-corrected chi connectivity index (χ0v) is 16.4. The van der Waals surface area contributed by atoms with Crippen LogP contribution in [0.3, 0.4) is 0 Å². The van der Waals surface area contributed by atoms with Crippen LogP contribution in [0.1, 0.15) is 31.2 Å². The number of nitrogens with zero attached hydrogens (tertiary/aromatic N) is 1. The summed E-state index contributed by atoms with van der Waals surface area (Å²) in [7, 11) is 0. The quantitative estimate of drug-likeness (QED) is 0.766. The predicted octanol–water partition coefficient (Wildman–Crippen LogP) is 4.14. The Hall–Kier alpha value is -1.63. The number of aromatic nitrogens is 1. The average molecular weight is 400 g/mol. The lowest BCUT2D eigenvalue weighted by molar-refractivity contribution is -0.126. The maximum absolute atomic E-state index is 12.4. The second-order valence-electron chi connectivity index (χ2n) is 5.96. The highest BCUT2D eigenvalue weighted by atomic mass is 35.5. The van der Waals surface area contributed by atoms with Crippen molar-refractivity contribution in [2.45, 2.75) is 33.2 Å². The van der Waals surface area contributed by atoms with Crippen molar-refractivity contribution >= 4 is 51.5 Å². The van der Waals surface area contributed by atoms with Crippen LogP contribution in [0.4, 0.5) is 5.13 Å². The fourth-order valence-corrected chi connectivity index (χ4v) is 3.47. The van der Waals surface area contributed by atoms with Gasteiger partial charge in [-0.15, -0.1) is 11.3 Å². The van der Waals surface area contributed by atoms with E-state index >= 15 is 0 Å². The molecule has 0 aliphatic heterocycles. The Morgan fingerprint density at radius 2 is 2.00 bits per heavy atom. The Morgan fingerprint density at radius 1 is 1.28 bits per heavy atom. The molecule has 2 amide bonds. The minimum atomic E-state index is -0.604. The molecule has 2 rings (SSSR count). The van der Waals surface area contributed by atoms with E-state index in [1.165, 1.54) is 18.3 Å². The van der Waals surface area contributed by atoms with Crippen molar-refractivity contribution in [3.05, 3.63) is 44.9 Å². The molecular weight excluding hydrogens is 381 g/mol. The van der Waals surface area contributed by atoms with E-state index in [0.29, 0.717) is 21.6 Å². The van der Waals surface area contributed by atoms with Crippen molar-refractivity contribution in [3.8, 4) is 0 Å². The number of carbonyl (C=O) groups is 2. The van der Waals surface area contributed by atoms with Gasteiger partial charge in [-0.1, -0.05) is 37.0 Å². The topological polar surface area (TPSA) is 71.1 Å². The van der Waals surface area contributed by atoms with Gasteiger partial charge in [0.2, 0.25) is 11.8 Å². The third-order valence-electron chi connectivity index (χ3n) is 3.46. The minimum Gasteiger partial charge on any atom is -0.344 e. The van der Waals surface area contributed by atoms with Crippen molar-refractivity contribution < 1.29 is 9.59 Å². The summed E-state index contributed by atoms with van der Waals surface area (Å²) in [4.78, 5) is 28.8. The van der Waals surface area contributed by atoms with Crippen LogP contribution in [0.5, 0.6) is 0 Å². The summed E-state index contributed by atoms with van der Waals surface area (Å²) in [5.41, 5.74) is 0.897. The average Bonchev–Trinajstić information content (AvgIpc) is 2.95. The number of halogens is 2. The third kappa shape index (κ3) is 5.70. The van der Waals surface area contributed by atoms with Gasteiger partial charge in [0.15, 0.2) is 5.13 Å². The normalized spacial score (nSPS) is 12.1. The number of carbonyl (C=O) groups excluding carboxylic acids is 2. The zero-order valence-electron chi connectivity index (χ0n) is 14.1. The summed E-state index contributed by atoms with van der Waals surface area (Å²) in [6.07, 6.45) is 2.27. The lowest BCUT2D eigenvalue weighted by atomic mass is 10.0. The number of anilines is 1. The second-order valence-corrected chi connectivity index (χ2v) is 7.91. The lowest BCUT2D eigenvalue weighted by Gasteiger charge is -2.20. The van der Waals surface area contributed by atoms with Crippen LogP contribution in [0, 0.1) is 5.92 Å². The minimum absolute atomic E-state index is 0.0337. The number of rotatable bonds is 6. The highest BCUT2D eigenvalue weighted by Gasteiger charge is 2.23. The van der Waals surface area contributed by atoms with E-state index in [-0.39, 0.29) is 17.7 Å². The van der Waals surface area contributed by atoms with Crippen LogP contribution >= 0.6 is 34.5 Å². The first kappa shape index (κ1) is 19.7. The molecule has 1 atom stereocenters. The fraction of sp³-hybridized carbons (Fsp3) is 0.353. The summed E-state index contributed by atoms with van der Waals surface area (Å²) in [6, 6.07) is 4.70. The molecule has 5 nitrogen and oxygen atoms in total. The van der Waals surface area contributed by atoms with Gasteiger partial charge in [0.1, 0.15) is 6.04 Å². The molecule has 1 aromatic carbocycles. The van der Waals surface area contributed by atoms with Gasteiger partial charge in [-0.05, 0) is 29.7 Å². The summed E-state index contributed by atoms with van der Waals surface area (Å²) in [5, 5.41) is 7.14. The Bertz CT molecular complexity index is 777. The number of hydrogen-bond acceptors (Lipinski definition) is 4. The van der Waals surface area contributed by atoms with Crippen molar-refractivity contribution in [3.63, 3.8) is 0 Å². The summed E-state index contributed by atoms with van der Waals surface area (Å²) >= 11 is 13.5. The van der Waals surface area contributed by atoms with Gasteiger partial charge in [-0.25, -0.2) is 4.98 Å². The van der Waals surface area contributed by atoms with E-state index in [4.69, 9.17) is 23.2 Å². The van der Waals surface area contributed by atoms with Crippen molar-refractivity contribution in [2.24, 2.45) is 5.92 Å². The van der Waals surface area contributed by atoms with Crippen LogP contribution in [-0.2, 0) is 16.0 Å². The van der Waals surface area contributed by atoms with Gasteiger partial charge in [0.05, 0.1) is 0 Å². The molecule has 1 unspecified atom stereocenters. The molecule has 1 aromatic heterocycles. The molecular formula is C17H19Cl2N3O2S. The number of nitrogens with one attached hydrogen (secondary N) is 2. The van der Waals surface area contributed by atoms with Crippen LogP contribution in [0.15, 0.2) is 24.4 Å². The second kappa shape index (κ2) is 8.65. The molecule has 2 N–H and O–H groups in total.